The molecule has 1 aromatic heterocycles. The Labute approximate surface area is 118 Å². The predicted octanol–water partition coefficient (Wildman–Crippen LogP) is 3.00. The van der Waals surface area contributed by atoms with Gasteiger partial charge in [0.15, 0.2) is 0 Å². The smallest absolute Gasteiger partial charge is 0.296 e. The van der Waals surface area contributed by atoms with Gasteiger partial charge in [-0.1, -0.05) is 43.7 Å². The summed E-state index contributed by atoms with van der Waals surface area (Å²) in [5, 5.41) is 0. The van der Waals surface area contributed by atoms with E-state index in [1.54, 1.807) is 0 Å². The van der Waals surface area contributed by atoms with Crippen LogP contribution in [0.1, 0.15) is 36.6 Å². The summed E-state index contributed by atoms with van der Waals surface area (Å²) < 4.78 is 5.55. The fraction of sp³-hybridized carbons (Fsp3) is 0.375. The van der Waals surface area contributed by atoms with Gasteiger partial charge in [0.2, 0.25) is 0 Å². The average Bonchev–Trinajstić information content (AvgIpc) is 2.45. The van der Waals surface area contributed by atoms with Crippen molar-refractivity contribution in [3.8, 4) is 6.01 Å². The maximum absolute atomic E-state index is 12.0. The van der Waals surface area contributed by atoms with Crippen LogP contribution in [-0.2, 0) is 13.0 Å². The van der Waals surface area contributed by atoms with Crippen LogP contribution in [0.4, 0.5) is 0 Å². The Morgan fingerprint density at radius 1 is 1.25 bits per heavy atom. The molecule has 2 rings (SSSR count). The van der Waals surface area contributed by atoms with Gasteiger partial charge in [0.25, 0.3) is 11.6 Å². The molecule has 0 saturated carbocycles. The second-order valence-electron chi connectivity index (χ2n) is 4.81. The minimum atomic E-state index is -0.0889. The van der Waals surface area contributed by atoms with Crippen molar-refractivity contribution >= 4 is 0 Å². The molecule has 0 atom stereocenters. The quantitative estimate of drug-likeness (QED) is 0.879. The van der Waals surface area contributed by atoms with E-state index in [2.05, 4.69) is 16.9 Å². The Hall–Kier alpha value is -2.10. The molecule has 2 aromatic rings. The summed E-state index contributed by atoms with van der Waals surface area (Å²) in [6.07, 6.45) is 2.82. The molecule has 0 spiro atoms. The number of nitrogens with zero attached hydrogens (tertiary/aromatic N) is 1. The van der Waals surface area contributed by atoms with Gasteiger partial charge in [-0.15, -0.1) is 0 Å². The van der Waals surface area contributed by atoms with Crippen LogP contribution in [0, 0.1) is 6.92 Å². The molecule has 0 aliphatic heterocycles. The molecule has 1 N–H and O–H groups in total. The molecule has 0 aliphatic carbocycles. The van der Waals surface area contributed by atoms with Gasteiger partial charge in [-0.05, 0) is 25.3 Å². The van der Waals surface area contributed by atoms with E-state index < -0.39 is 0 Å². The van der Waals surface area contributed by atoms with Crippen LogP contribution in [0.25, 0.3) is 0 Å². The number of ether oxygens (including phenoxy) is 1. The van der Waals surface area contributed by atoms with Gasteiger partial charge in [0, 0.05) is 5.56 Å². The summed E-state index contributed by atoms with van der Waals surface area (Å²) in [4.78, 5) is 19.0. The minimum Gasteiger partial charge on any atom is -0.460 e. The van der Waals surface area contributed by atoms with E-state index >= 15 is 0 Å². The van der Waals surface area contributed by atoms with Gasteiger partial charge >= 0.3 is 0 Å². The largest absolute Gasteiger partial charge is 0.460 e. The highest BCUT2D eigenvalue weighted by Gasteiger charge is 2.08. The van der Waals surface area contributed by atoms with Gasteiger partial charge in [0.05, 0.1) is 5.69 Å². The molecule has 0 aliphatic rings. The van der Waals surface area contributed by atoms with E-state index in [0.717, 1.165) is 36.1 Å². The lowest BCUT2D eigenvalue weighted by atomic mass is 10.1. The number of rotatable bonds is 6. The zero-order valence-corrected chi connectivity index (χ0v) is 12.0. The Kier molecular flexibility index (Phi) is 4.93. The fourth-order valence-corrected chi connectivity index (χ4v) is 2.03. The molecule has 0 bridgehead atoms. The third kappa shape index (κ3) is 3.70. The molecule has 4 nitrogen and oxygen atoms in total. The van der Waals surface area contributed by atoms with Crippen LogP contribution >= 0.6 is 0 Å². The van der Waals surface area contributed by atoms with Gasteiger partial charge in [0.1, 0.15) is 6.61 Å². The van der Waals surface area contributed by atoms with Gasteiger partial charge in [-0.2, -0.15) is 0 Å². The monoisotopic (exact) mass is 272 g/mol. The molecule has 0 fully saturated rings. The number of aromatic amines is 1. The summed E-state index contributed by atoms with van der Waals surface area (Å²) in [5.74, 6) is 0. The van der Waals surface area contributed by atoms with Crippen LogP contribution in [-0.4, -0.2) is 9.97 Å². The summed E-state index contributed by atoms with van der Waals surface area (Å²) in [6, 6.07) is 10.1. The Morgan fingerprint density at radius 3 is 2.65 bits per heavy atom. The van der Waals surface area contributed by atoms with E-state index in [1.807, 2.05) is 37.3 Å². The van der Waals surface area contributed by atoms with E-state index in [9.17, 15) is 4.79 Å². The van der Waals surface area contributed by atoms with Crippen LogP contribution in [0.3, 0.4) is 0 Å². The van der Waals surface area contributed by atoms with Crippen molar-refractivity contribution in [2.24, 2.45) is 0 Å². The highest BCUT2D eigenvalue weighted by Crippen LogP contribution is 2.09. The van der Waals surface area contributed by atoms with E-state index in [1.165, 1.54) is 0 Å². The molecular formula is C16H20N2O2. The summed E-state index contributed by atoms with van der Waals surface area (Å²) in [7, 11) is 0. The van der Waals surface area contributed by atoms with Crippen LogP contribution in [0.2, 0.25) is 0 Å². The molecule has 0 radical (unpaired) electrons. The highest BCUT2D eigenvalue weighted by molar-refractivity contribution is 5.19. The lowest BCUT2D eigenvalue weighted by Crippen LogP contribution is -2.18. The zero-order valence-electron chi connectivity index (χ0n) is 12.0. The number of aryl methyl sites for hydroxylation is 1. The van der Waals surface area contributed by atoms with Gasteiger partial charge in [-0.3, -0.25) is 9.78 Å². The number of unbranched alkanes of at least 4 members (excludes halogenated alkanes) is 1. The number of nitrogens with one attached hydrogen (secondary N) is 1. The third-order valence-electron chi connectivity index (χ3n) is 3.20. The fourth-order valence-electron chi connectivity index (χ4n) is 2.03. The second kappa shape index (κ2) is 6.89. The SMILES string of the molecule is CCCCc1c(C)nc(OCc2ccccc2)[nH]c1=O. The molecule has 1 aromatic carbocycles. The van der Waals surface area contributed by atoms with Crippen molar-refractivity contribution in [3.63, 3.8) is 0 Å². The number of benzene rings is 1. The second-order valence-corrected chi connectivity index (χ2v) is 4.81. The summed E-state index contributed by atoms with van der Waals surface area (Å²) in [5.41, 5.74) is 2.47. The lowest BCUT2D eigenvalue weighted by Gasteiger charge is -2.08. The van der Waals surface area contributed by atoms with Gasteiger partial charge in [-0.25, -0.2) is 4.98 Å². The number of hydrogen-bond acceptors (Lipinski definition) is 3. The zero-order chi connectivity index (χ0) is 14.4. The first kappa shape index (κ1) is 14.3. The maximum atomic E-state index is 12.0. The predicted molar refractivity (Wildman–Crippen MR) is 79.0 cm³/mol. The van der Waals surface area contributed by atoms with Crippen molar-refractivity contribution in [2.75, 3.05) is 0 Å². The van der Waals surface area contributed by atoms with Crippen molar-refractivity contribution in [1.29, 1.82) is 0 Å². The number of aromatic nitrogens is 2. The Morgan fingerprint density at radius 2 is 2.00 bits per heavy atom. The third-order valence-corrected chi connectivity index (χ3v) is 3.20. The topological polar surface area (TPSA) is 55.0 Å². The van der Waals surface area contributed by atoms with Crippen molar-refractivity contribution < 1.29 is 4.74 Å². The Balaban J connectivity index is 2.08. The van der Waals surface area contributed by atoms with E-state index in [4.69, 9.17) is 4.74 Å². The summed E-state index contributed by atoms with van der Waals surface area (Å²) in [6.45, 7) is 4.36. The molecular weight excluding hydrogens is 252 g/mol. The van der Waals surface area contributed by atoms with Crippen molar-refractivity contribution in [1.82, 2.24) is 9.97 Å². The Bertz CT molecular complexity index is 606. The number of hydrogen-bond donors (Lipinski definition) is 1. The molecule has 0 unspecified atom stereocenters. The molecule has 1 heterocycles. The number of H-pyrrole nitrogens is 1. The summed E-state index contributed by atoms with van der Waals surface area (Å²) >= 11 is 0. The average molecular weight is 272 g/mol. The highest BCUT2D eigenvalue weighted by atomic mass is 16.5. The molecule has 0 amide bonds. The van der Waals surface area contributed by atoms with Gasteiger partial charge < -0.3 is 4.74 Å². The maximum Gasteiger partial charge on any atom is 0.296 e. The van der Waals surface area contributed by atoms with E-state index in [-0.39, 0.29) is 11.6 Å². The lowest BCUT2D eigenvalue weighted by molar-refractivity contribution is 0.278. The molecule has 4 heteroatoms. The molecule has 0 saturated heterocycles. The van der Waals surface area contributed by atoms with Crippen molar-refractivity contribution in [2.45, 2.75) is 39.7 Å². The van der Waals surface area contributed by atoms with Crippen LogP contribution < -0.4 is 10.3 Å². The first-order chi connectivity index (χ1) is 9.70. The minimum absolute atomic E-state index is 0.0889. The van der Waals surface area contributed by atoms with E-state index in [0.29, 0.717) is 6.61 Å². The molecule has 20 heavy (non-hydrogen) atoms. The molecule has 106 valence electrons. The van der Waals surface area contributed by atoms with Crippen LogP contribution in [0.5, 0.6) is 6.01 Å². The van der Waals surface area contributed by atoms with Crippen molar-refractivity contribution in [3.05, 3.63) is 57.5 Å². The standard InChI is InChI=1S/C16H20N2O2/c1-3-4-10-14-12(2)17-16(18-15(14)19)20-11-13-8-6-5-7-9-13/h5-9H,3-4,10-11H2,1-2H3,(H,17,18,19). The first-order valence-electron chi connectivity index (χ1n) is 6.97. The normalized spacial score (nSPS) is 10.5. The first-order valence-corrected chi connectivity index (χ1v) is 6.97. The van der Waals surface area contributed by atoms with Crippen LogP contribution in [0.15, 0.2) is 35.1 Å².